The summed E-state index contributed by atoms with van der Waals surface area (Å²) in [7, 11) is 0. The average Bonchev–Trinajstić information content (AvgIpc) is 2.45. The van der Waals surface area contributed by atoms with Crippen molar-refractivity contribution in [3.63, 3.8) is 0 Å². The van der Waals surface area contributed by atoms with Gasteiger partial charge in [0.2, 0.25) is 5.91 Å². The fraction of sp³-hybridized carbons (Fsp3) is 0.800. The monoisotopic (exact) mass is 283 g/mol. The number of ether oxygens (including phenoxy) is 1. The van der Waals surface area contributed by atoms with Crippen LogP contribution in [-0.2, 0) is 9.53 Å². The smallest absolute Gasteiger partial charge is 0.237 e. The molecule has 1 heterocycles. The van der Waals surface area contributed by atoms with Gasteiger partial charge in [0.05, 0.1) is 12.6 Å². The molecular weight excluding hydrogens is 254 g/mol. The fourth-order valence-corrected chi connectivity index (χ4v) is 2.52. The van der Waals surface area contributed by atoms with Crippen LogP contribution in [0.15, 0.2) is 12.7 Å². The molecule has 0 aromatic rings. The number of rotatable bonds is 8. The van der Waals surface area contributed by atoms with Crippen LogP contribution in [0.1, 0.15) is 20.8 Å². The minimum atomic E-state index is -0.0774. The Hall–Kier alpha value is -0.910. The quantitative estimate of drug-likeness (QED) is 0.527. The Bertz CT molecular complexity index is 309. The van der Waals surface area contributed by atoms with Gasteiger partial charge in [-0.25, -0.2) is 0 Å². The first-order valence-corrected chi connectivity index (χ1v) is 7.54. The molecule has 0 aliphatic carbocycles. The molecule has 116 valence electrons. The van der Waals surface area contributed by atoms with E-state index < -0.39 is 0 Å². The maximum atomic E-state index is 12.0. The lowest BCUT2D eigenvalue weighted by Crippen LogP contribution is -2.57. The Morgan fingerprint density at radius 2 is 2.30 bits per heavy atom. The zero-order valence-corrected chi connectivity index (χ0v) is 13.1. The largest absolute Gasteiger partial charge is 0.380 e. The summed E-state index contributed by atoms with van der Waals surface area (Å²) in [5, 5.41) is 2.87. The van der Waals surface area contributed by atoms with Gasteiger partial charge in [-0.15, -0.1) is 6.58 Å². The molecule has 1 fully saturated rings. The van der Waals surface area contributed by atoms with Crippen LogP contribution < -0.4 is 5.32 Å². The van der Waals surface area contributed by atoms with Crippen LogP contribution in [0.4, 0.5) is 0 Å². The summed E-state index contributed by atoms with van der Waals surface area (Å²) in [6.07, 6.45) is 1.71. The van der Waals surface area contributed by atoms with Gasteiger partial charge in [-0.1, -0.05) is 6.08 Å². The fourth-order valence-electron chi connectivity index (χ4n) is 2.52. The van der Waals surface area contributed by atoms with E-state index in [4.69, 9.17) is 4.74 Å². The van der Waals surface area contributed by atoms with Gasteiger partial charge in [-0.05, 0) is 20.8 Å². The summed E-state index contributed by atoms with van der Waals surface area (Å²) in [4.78, 5) is 16.6. The van der Waals surface area contributed by atoms with Crippen LogP contribution in [0, 0.1) is 0 Å². The standard InChI is InChI=1S/C15H29N3O2/c1-5-7-16-15(19)14(4)18-9-8-17(13(3)12-18)10-11-20-6-2/h5,13-14H,1,6-12H2,2-4H3,(H,16,19). The van der Waals surface area contributed by atoms with E-state index in [0.29, 0.717) is 12.6 Å². The van der Waals surface area contributed by atoms with E-state index in [0.717, 1.165) is 39.4 Å². The first-order valence-electron chi connectivity index (χ1n) is 7.54. The summed E-state index contributed by atoms with van der Waals surface area (Å²) < 4.78 is 5.41. The number of hydrogen-bond donors (Lipinski definition) is 1. The number of piperazine rings is 1. The van der Waals surface area contributed by atoms with E-state index in [1.807, 2.05) is 13.8 Å². The zero-order valence-electron chi connectivity index (χ0n) is 13.1. The Labute approximate surface area is 122 Å². The summed E-state index contributed by atoms with van der Waals surface area (Å²) >= 11 is 0. The Morgan fingerprint density at radius 1 is 1.55 bits per heavy atom. The van der Waals surface area contributed by atoms with Crippen LogP contribution in [0.25, 0.3) is 0 Å². The first-order chi connectivity index (χ1) is 9.60. The van der Waals surface area contributed by atoms with Crippen molar-refractivity contribution in [1.29, 1.82) is 0 Å². The van der Waals surface area contributed by atoms with E-state index in [-0.39, 0.29) is 11.9 Å². The van der Waals surface area contributed by atoms with Crippen molar-refractivity contribution >= 4 is 5.91 Å². The highest BCUT2D eigenvalue weighted by Crippen LogP contribution is 2.12. The molecule has 1 saturated heterocycles. The van der Waals surface area contributed by atoms with Crippen LogP contribution in [0.5, 0.6) is 0 Å². The Balaban J connectivity index is 2.37. The number of amides is 1. The molecule has 2 unspecified atom stereocenters. The minimum Gasteiger partial charge on any atom is -0.380 e. The molecule has 1 rings (SSSR count). The first kappa shape index (κ1) is 17.1. The molecule has 1 aliphatic rings. The van der Waals surface area contributed by atoms with E-state index in [9.17, 15) is 4.79 Å². The second-order valence-corrected chi connectivity index (χ2v) is 5.29. The molecule has 1 N–H and O–H groups in total. The van der Waals surface area contributed by atoms with E-state index in [1.54, 1.807) is 6.08 Å². The second-order valence-electron chi connectivity index (χ2n) is 5.29. The average molecular weight is 283 g/mol. The van der Waals surface area contributed by atoms with Gasteiger partial charge in [-0.2, -0.15) is 0 Å². The van der Waals surface area contributed by atoms with Gasteiger partial charge in [0.15, 0.2) is 0 Å². The van der Waals surface area contributed by atoms with Crippen molar-refractivity contribution in [3.05, 3.63) is 12.7 Å². The molecule has 5 nitrogen and oxygen atoms in total. The van der Waals surface area contributed by atoms with Crippen molar-refractivity contribution in [2.24, 2.45) is 0 Å². The van der Waals surface area contributed by atoms with Gasteiger partial charge >= 0.3 is 0 Å². The molecule has 1 aliphatic heterocycles. The zero-order chi connectivity index (χ0) is 15.0. The van der Waals surface area contributed by atoms with E-state index in [2.05, 4.69) is 28.6 Å². The Morgan fingerprint density at radius 3 is 2.90 bits per heavy atom. The van der Waals surface area contributed by atoms with Crippen molar-refractivity contribution in [1.82, 2.24) is 15.1 Å². The third-order valence-electron chi connectivity index (χ3n) is 3.87. The van der Waals surface area contributed by atoms with Crippen LogP contribution >= 0.6 is 0 Å². The lowest BCUT2D eigenvalue weighted by molar-refractivity contribution is -0.126. The highest BCUT2D eigenvalue weighted by Gasteiger charge is 2.29. The molecule has 0 aromatic heterocycles. The summed E-state index contributed by atoms with van der Waals surface area (Å²) in [6.45, 7) is 15.7. The summed E-state index contributed by atoms with van der Waals surface area (Å²) in [5.41, 5.74) is 0. The van der Waals surface area contributed by atoms with Gasteiger partial charge in [0.1, 0.15) is 0 Å². The number of carbonyl (C=O) groups is 1. The van der Waals surface area contributed by atoms with Gasteiger partial charge in [0, 0.05) is 45.4 Å². The molecule has 1 amide bonds. The van der Waals surface area contributed by atoms with E-state index in [1.165, 1.54) is 0 Å². The van der Waals surface area contributed by atoms with Crippen molar-refractivity contribution < 1.29 is 9.53 Å². The SMILES string of the molecule is C=CCNC(=O)C(C)N1CCN(CCOCC)C(C)C1. The molecule has 0 aromatic carbocycles. The lowest BCUT2D eigenvalue weighted by Gasteiger charge is -2.41. The van der Waals surface area contributed by atoms with Crippen molar-refractivity contribution in [2.45, 2.75) is 32.9 Å². The highest BCUT2D eigenvalue weighted by atomic mass is 16.5. The van der Waals surface area contributed by atoms with Gasteiger partial charge in [0.25, 0.3) is 0 Å². The third kappa shape index (κ3) is 5.23. The maximum absolute atomic E-state index is 12.0. The highest BCUT2D eigenvalue weighted by molar-refractivity contribution is 5.81. The molecule has 0 spiro atoms. The predicted molar refractivity (Wildman–Crippen MR) is 81.8 cm³/mol. The number of hydrogen-bond acceptors (Lipinski definition) is 4. The van der Waals surface area contributed by atoms with Crippen LogP contribution in [0.3, 0.4) is 0 Å². The van der Waals surface area contributed by atoms with E-state index >= 15 is 0 Å². The topological polar surface area (TPSA) is 44.8 Å². The number of nitrogens with zero attached hydrogens (tertiary/aromatic N) is 2. The van der Waals surface area contributed by atoms with Gasteiger partial charge in [-0.3, -0.25) is 14.6 Å². The molecule has 20 heavy (non-hydrogen) atoms. The lowest BCUT2D eigenvalue weighted by atomic mass is 10.1. The molecule has 0 bridgehead atoms. The predicted octanol–water partition coefficient (Wildman–Crippen LogP) is 0.720. The van der Waals surface area contributed by atoms with Crippen LogP contribution in [-0.4, -0.2) is 73.7 Å². The number of nitrogens with one attached hydrogen (secondary N) is 1. The second kappa shape index (κ2) is 9.10. The third-order valence-corrected chi connectivity index (χ3v) is 3.87. The van der Waals surface area contributed by atoms with Gasteiger partial charge < -0.3 is 10.1 Å². The summed E-state index contributed by atoms with van der Waals surface area (Å²) in [6, 6.07) is 0.380. The molecular formula is C15H29N3O2. The maximum Gasteiger partial charge on any atom is 0.237 e. The molecule has 2 atom stereocenters. The molecule has 0 radical (unpaired) electrons. The Kier molecular flexibility index (Phi) is 7.80. The van der Waals surface area contributed by atoms with Crippen LogP contribution in [0.2, 0.25) is 0 Å². The minimum absolute atomic E-state index is 0.0774. The molecule has 0 saturated carbocycles. The molecule has 5 heteroatoms. The summed E-state index contributed by atoms with van der Waals surface area (Å²) in [5.74, 6) is 0.0832. The van der Waals surface area contributed by atoms with Crippen molar-refractivity contribution in [3.8, 4) is 0 Å². The number of carbonyl (C=O) groups excluding carboxylic acids is 1. The van der Waals surface area contributed by atoms with Crippen molar-refractivity contribution in [2.75, 3.05) is 45.9 Å². The normalized spacial score (nSPS) is 22.4.